The van der Waals surface area contributed by atoms with Crippen LogP contribution in [0.15, 0.2) is 54.6 Å². The number of allylic oxidation sites excluding steroid dienone is 1. The van der Waals surface area contributed by atoms with Crippen molar-refractivity contribution in [1.29, 1.82) is 0 Å². The molecule has 0 saturated heterocycles. The number of fused-ring (bicyclic) bond motifs is 1. The topological polar surface area (TPSA) is 47.6 Å². The molecule has 160 valence electrons. The quantitative estimate of drug-likeness (QED) is 0.455. The molecule has 4 nitrogen and oxygen atoms in total. The maximum absolute atomic E-state index is 11.0. The Morgan fingerprint density at radius 3 is 2.73 bits per heavy atom. The molecule has 2 aromatic carbocycles. The van der Waals surface area contributed by atoms with Gasteiger partial charge in [-0.1, -0.05) is 42.5 Å². The van der Waals surface area contributed by atoms with Crippen LogP contribution in [0.4, 0.5) is 0 Å². The number of aryl methyl sites for hydroxylation is 2. The number of hydrogen-bond donors (Lipinski definition) is 1. The summed E-state index contributed by atoms with van der Waals surface area (Å²) in [5.74, 6) is 0.561. The summed E-state index contributed by atoms with van der Waals surface area (Å²) in [6.07, 6.45) is 8.94. The molecule has 5 heteroatoms. The van der Waals surface area contributed by atoms with Crippen LogP contribution in [0.2, 0.25) is 0 Å². The first-order valence-electron chi connectivity index (χ1n) is 10.8. The van der Waals surface area contributed by atoms with Gasteiger partial charge < -0.3 is 14.3 Å². The Labute approximate surface area is 184 Å². The van der Waals surface area contributed by atoms with Gasteiger partial charge in [-0.05, 0) is 79.5 Å². The molecule has 0 amide bonds. The Morgan fingerprint density at radius 2 is 1.90 bits per heavy atom. The minimum absolute atomic E-state index is 0.283. The zero-order chi connectivity index (χ0) is 21.0. The molecule has 1 aliphatic carbocycles. The van der Waals surface area contributed by atoms with Gasteiger partial charge in [-0.25, -0.2) is 0 Å². The predicted octanol–water partition coefficient (Wildman–Crippen LogP) is 5.48. The molecular weight excluding hydrogens is 398 g/mol. The number of rotatable bonds is 12. The zero-order valence-electron chi connectivity index (χ0n) is 17.4. The van der Waals surface area contributed by atoms with Gasteiger partial charge in [-0.3, -0.25) is 4.79 Å². The second-order valence-electron chi connectivity index (χ2n) is 7.58. The lowest BCUT2D eigenvalue weighted by Gasteiger charge is -2.19. The summed E-state index contributed by atoms with van der Waals surface area (Å²) < 4.78 is 10.1. The Balaban J connectivity index is 1.40. The summed E-state index contributed by atoms with van der Waals surface area (Å²) in [7, 11) is 0. The summed E-state index contributed by atoms with van der Waals surface area (Å²) in [6, 6.07) is 17.1. The standard InChI is InChI=1S/C25H30ClNO3/c26-30-25(28)15-17-27-16-14-21-10-6-11-22-19-23(12-13-24(21)22)29-18-5-4-9-20-7-2-1-3-8-20/h1-3,7-8,10,12-13,19,27H,4-6,9,11,14-18H2. The average Bonchev–Trinajstić information content (AvgIpc) is 2.79. The Bertz CT molecular complexity index is 836. The maximum atomic E-state index is 11.0. The Morgan fingerprint density at radius 1 is 1.03 bits per heavy atom. The van der Waals surface area contributed by atoms with E-state index < -0.39 is 5.97 Å². The van der Waals surface area contributed by atoms with Crippen LogP contribution in [0.25, 0.3) is 5.57 Å². The highest BCUT2D eigenvalue weighted by Crippen LogP contribution is 2.31. The molecule has 3 rings (SSSR count). The maximum Gasteiger partial charge on any atom is 0.326 e. The van der Waals surface area contributed by atoms with E-state index >= 15 is 0 Å². The summed E-state index contributed by atoms with van der Waals surface area (Å²) >= 11 is 5.03. The number of nitrogens with one attached hydrogen (secondary N) is 1. The van der Waals surface area contributed by atoms with E-state index in [0.717, 1.165) is 57.4 Å². The van der Waals surface area contributed by atoms with Gasteiger partial charge in [0.15, 0.2) is 0 Å². The van der Waals surface area contributed by atoms with Crippen molar-refractivity contribution in [3.63, 3.8) is 0 Å². The van der Waals surface area contributed by atoms with Crippen LogP contribution in [0.1, 0.15) is 48.8 Å². The second-order valence-corrected chi connectivity index (χ2v) is 7.73. The molecule has 0 bridgehead atoms. The first-order valence-corrected chi connectivity index (χ1v) is 11.1. The minimum Gasteiger partial charge on any atom is -0.494 e. The van der Waals surface area contributed by atoms with Crippen molar-refractivity contribution < 1.29 is 13.8 Å². The number of halogens is 1. The molecule has 0 unspecified atom stereocenters. The van der Waals surface area contributed by atoms with Crippen molar-refractivity contribution in [2.24, 2.45) is 0 Å². The molecule has 0 atom stereocenters. The highest BCUT2D eigenvalue weighted by molar-refractivity contribution is 6.13. The van der Waals surface area contributed by atoms with Crippen LogP contribution in [-0.2, 0) is 21.9 Å². The molecule has 30 heavy (non-hydrogen) atoms. The Kier molecular flexibility index (Phi) is 9.26. The molecule has 0 heterocycles. The lowest BCUT2D eigenvalue weighted by atomic mass is 9.89. The summed E-state index contributed by atoms with van der Waals surface area (Å²) in [6.45, 7) is 2.15. The van der Waals surface area contributed by atoms with E-state index in [4.69, 9.17) is 16.6 Å². The van der Waals surface area contributed by atoms with Gasteiger partial charge in [-0.2, -0.15) is 0 Å². The molecule has 2 aromatic rings. The summed E-state index contributed by atoms with van der Waals surface area (Å²) in [4.78, 5) is 11.0. The first-order chi connectivity index (χ1) is 14.8. The van der Waals surface area contributed by atoms with Crippen molar-refractivity contribution >= 4 is 23.4 Å². The molecule has 0 aliphatic heterocycles. The van der Waals surface area contributed by atoms with Crippen LogP contribution < -0.4 is 10.1 Å². The van der Waals surface area contributed by atoms with Crippen molar-refractivity contribution in [2.45, 2.75) is 44.9 Å². The van der Waals surface area contributed by atoms with Gasteiger partial charge >= 0.3 is 5.97 Å². The van der Waals surface area contributed by atoms with Gasteiger partial charge in [-0.15, -0.1) is 0 Å². The predicted molar refractivity (Wildman–Crippen MR) is 122 cm³/mol. The number of hydrogen-bond acceptors (Lipinski definition) is 4. The summed E-state index contributed by atoms with van der Waals surface area (Å²) in [5.41, 5.74) is 5.43. The van der Waals surface area contributed by atoms with E-state index in [0.29, 0.717) is 6.54 Å². The number of carbonyl (C=O) groups is 1. The minimum atomic E-state index is -0.404. The van der Waals surface area contributed by atoms with Gasteiger partial charge in [0.25, 0.3) is 0 Å². The van der Waals surface area contributed by atoms with Crippen molar-refractivity contribution in [3.8, 4) is 5.75 Å². The van der Waals surface area contributed by atoms with Gasteiger partial charge in [0.2, 0.25) is 0 Å². The molecule has 0 fully saturated rings. The van der Waals surface area contributed by atoms with Crippen LogP contribution >= 0.6 is 11.9 Å². The highest BCUT2D eigenvalue weighted by Gasteiger charge is 2.13. The van der Waals surface area contributed by atoms with E-state index in [-0.39, 0.29) is 6.42 Å². The number of benzene rings is 2. The van der Waals surface area contributed by atoms with Gasteiger partial charge in [0, 0.05) is 6.54 Å². The third-order valence-electron chi connectivity index (χ3n) is 5.36. The van der Waals surface area contributed by atoms with Crippen LogP contribution in [0.3, 0.4) is 0 Å². The molecule has 0 radical (unpaired) electrons. The lowest BCUT2D eigenvalue weighted by molar-refractivity contribution is -0.133. The fourth-order valence-corrected chi connectivity index (χ4v) is 3.85. The van der Waals surface area contributed by atoms with Gasteiger partial charge in [0.1, 0.15) is 17.6 Å². The molecule has 0 aromatic heterocycles. The van der Waals surface area contributed by atoms with Crippen molar-refractivity contribution in [2.75, 3.05) is 19.7 Å². The van der Waals surface area contributed by atoms with E-state index in [1.54, 1.807) is 0 Å². The molecule has 0 saturated carbocycles. The fraction of sp³-hybridized carbons (Fsp3) is 0.400. The third kappa shape index (κ3) is 7.19. The zero-order valence-corrected chi connectivity index (χ0v) is 18.1. The largest absolute Gasteiger partial charge is 0.494 e. The molecule has 1 N–H and O–H groups in total. The Hall–Kier alpha value is -2.30. The molecule has 0 spiro atoms. The van der Waals surface area contributed by atoms with Crippen molar-refractivity contribution in [3.05, 3.63) is 71.3 Å². The van der Waals surface area contributed by atoms with E-state index in [2.05, 4.69) is 64.2 Å². The van der Waals surface area contributed by atoms with E-state index in [9.17, 15) is 4.79 Å². The normalized spacial score (nSPS) is 12.8. The monoisotopic (exact) mass is 427 g/mol. The second kappa shape index (κ2) is 12.4. The SMILES string of the molecule is O=C(CCNCCC1=CCCc2cc(OCCCCc3ccccc3)ccc21)OCl. The van der Waals surface area contributed by atoms with E-state index in [1.807, 2.05) is 0 Å². The van der Waals surface area contributed by atoms with Gasteiger partial charge in [0.05, 0.1) is 13.0 Å². The number of carbonyl (C=O) groups excluding carboxylic acids is 1. The van der Waals surface area contributed by atoms with Crippen LogP contribution in [-0.4, -0.2) is 25.7 Å². The average molecular weight is 428 g/mol. The highest BCUT2D eigenvalue weighted by atomic mass is 35.5. The van der Waals surface area contributed by atoms with Crippen LogP contribution in [0, 0.1) is 0 Å². The third-order valence-corrected chi connectivity index (χ3v) is 5.53. The molecule has 1 aliphatic rings. The van der Waals surface area contributed by atoms with E-state index in [1.165, 1.54) is 22.3 Å². The van der Waals surface area contributed by atoms with Crippen molar-refractivity contribution in [1.82, 2.24) is 5.32 Å². The smallest absolute Gasteiger partial charge is 0.326 e. The van der Waals surface area contributed by atoms with Crippen LogP contribution in [0.5, 0.6) is 5.75 Å². The lowest BCUT2D eigenvalue weighted by Crippen LogP contribution is -2.20. The fourth-order valence-electron chi connectivity index (χ4n) is 3.77. The first kappa shape index (κ1) is 22.4. The number of ether oxygens (including phenoxy) is 1. The summed E-state index contributed by atoms with van der Waals surface area (Å²) in [5, 5.41) is 3.27. The molecular formula is C25H30ClNO3. The number of unbranched alkanes of at least 4 members (excludes halogenated alkanes) is 1.